The second kappa shape index (κ2) is 6.85. The van der Waals surface area contributed by atoms with E-state index in [1.54, 1.807) is 28.2 Å². The molecular formula is C11H11I2NO3S. The predicted molar refractivity (Wildman–Crippen MR) is 90.1 cm³/mol. The Morgan fingerprint density at radius 2 is 2.17 bits per heavy atom. The summed E-state index contributed by atoms with van der Waals surface area (Å²) in [5.74, 6) is -0.746. The second-order valence-electron chi connectivity index (χ2n) is 3.66. The lowest BCUT2D eigenvalue weighted by Crippen LogP contribution is -2.38. The molecule has 2 N–H and O–H groups in total. The molecule has 1 unspecified atom stereocenters. The molecule has 0 saturated heterocycles. The average Bonchev–Trinajstić information content (AvgIpc) is 2.26. The van der Waals surface area contributed by atoms with Crippen LogP contribution in [0.2, 0.25) is 0 Å². The first-order chi connectivity index (χ1) is 8.32. The van der Waals surface area contributed by atoms with Crippen LogP contribution in [0.4, 0.5) is 0 Å². The van der Waals surface area contributed by atoms with Crippen molar-refractivity contribution in [1.29, 1.82) is 0 Å². The fourth-order valence-corrected chi connectivity index (χ4v) is 2.68. The highest BCUT2D eigenvalue weighted by Gasteiger charge is 2.25. The molecule has 0 aliphatic carbocycles. The number of carboxylic acids is 1. The van der Waals surface area contributed by atoms with Gasteiger partial charge in [0.05, 0.1) is 27.9 Å². The number of benzene rings is 1. The van der Waals surface area contributed by atoms with Crippen LogP contribution in [0, 0.1) is 3.57 Å². The third-order valence-corrected chi connectivity index (χ3v) is 5.23. The molecular weight excluding hydrogens is 480 g/mol. The van der Waals surface area contributed by atoms with Crippen molar-refractivity contribution in [3.05, 3.63) is 27.3 Å². The van der Waals surface area contributed by atoms with Gasteiger partial charge in [-0.05, 0) is 47.2 Å². The molecule has 0 radical (unpaired) electrons. The topological polar surface area (TPSA) is 60.8 Å². The average molecular weight is 491 g/mol. The van der Waals surface area contributed by atoms with E-state index in [-0.39, 0.29) is 5.75 Å². The van der Waals surface area contributed by atoms with Gasteiger partial charge in [0.25, 0.3) is 0 Å². The Hall–Kier alpha value is -0.160. The van der Waals surface area contributed by atoms with Gasteiger partial charge < -0.3 is 10.2 Å². The summed E-state index contributed by atoms with van der Waals surface area (Å²) >= 11 is 8.99. The van der Waals surface area contributed by atoms with E-state index in [2.05, 4.69) is 22.6 Å². The standard InChI is InChI=1S/C11H11I2NO3S/c1-6(18)14(13)10(11(16)17)4-7-2-3-8(15)5-9(7)12/h2-3,5,10,15H,4H2,1H3,(H,16,17). The number of halogens is 2. The van der Waals surface area contributed by atoms with Crippen molar-refractivity contribution >= 4 is 68.6 Å². The van der Waals surface area contributed by atoms with Gasteiger partial charge in [0, 0.05) is 9.99 Å². The van der Waals surface area contributed by atoms with Crippen LogP contribution in [0.25, 0.3) is 0 Å². The van der Waals surface area contributed by atoms with Crippen LogP contribution in [-0.2, 0) is 11.2 Å². The highest BCUT2D eigenvalue weighted by molar-refractivity contribution is 14.1. The maximum atomic E-state index is 11.3. The zero-order chi connectivity index (χ0) is 13.9. The Bertz CT molecular complexity index is 481. The summed E-state index contributed by atoms with van der Waals surface area (Å²) in [4.78, 5) is 11.8. The summed E-state index contributed by atoms with van der Waals surface area (Å²) in [7, 11) is 0. The van der Waals surface area contributed by atoms with E-state index in [0.717, 1.165) is 9.13 Å². The number of hydrogen-bond acceptors (Lipinski definition) is 3. The van der Waals surface area contributed by atoms with Crippen LogP contribution in [0.3, 0.4) is 0 Å². The van der Waals surface area contributed by atoms with Crippen LogP contribution in [0.1, 0.15) is 12.5 Å². The summed E-state index contributed by atoms with van der Waals surface area (Å²) in [6, 6.07) is 4.19. The lowest BCUT2D eigenvalue weighted by Gasteiger charge is -2.23. The van der Waals surface area contributed by atoms with Gasteiger partial charge >= 0.3 is 5.97 Å². The number of nitrogens with zero attached hydrogens (tertiary/aromatic N) is 1. The lowest BCUT2D eigenvalue weighted by molar-refractivity contribution is -0.140. The highest BCUT2D eigenvalue weighted by atomic mass is 127. The summed E-state index contributed by atoms with van der Waals surface area (Å²) in [6.07, 6.45) is 0.338. The SMILES string of the molecule is CC(=S)N(I)C(Cc1ccc(O)cc1I)C(=O)O. The smallest absolute Gasteiger partial charge is 0.327 e. The summed E-state index contributed by atoms with van der Waals surface area (Å²) in [5.41, 5.74) is 0.874. The molecule has 0 spiro atoms. The minimum Gasteiger partial charge on any atom is -0.508 e. The molecule has 18 heavy (non-hydrogen) atoms. The Kier molecular flexibility index (Phi) is 6.05. The second-order valence-corrected chi connectivity index (χ2v) is 6.46. The molecule has 0 heterocycles. The summed E-state index contributed by atoms with van der Waals surface area (Å²) in [5, 5.41) is 18.6. The first-order valence-corrected chi connectivity index (χ1v) is 7.44. The van der Waals surface area contributed by atoms with E-state index in [4.69, 9.17) is 12.2 Å². The van der Waals surface area contributed by atoms with E-state index in [9.17, 15) is 15.0 Å². The van der Waals surface area contributed by atoms with Crippen molar-refractivity contribution in [3.63, 3.8) is 0 Å². The van der Waals surface area contributed by atoms with Gasteiger partial charge in [-0.25, -0.2) is 4.79 Å². The molecule has 98 valence electrons. The zero-order valence-electron chi connectivity index (χ0n) is 9.43. The lowest BCUT2D eigenvalue weighted by atomic mass is 10.1. The fraction of sp³-hybridized carbons (Fsp3) is 0.273. The zero-order valence-corrected chi connectivity index (χ0v) is 14.6. The normalized spacial score (nSPS) is 11.9. The third kappa shape index (κ3) is 4.19. The van der Waals surface area contributed by atoms with Crippen LogP contribution in [0.5, 0.6) is 5.75 Å². The van der Waals surface area contributed by atoms with Crippen molar-refractivity contribution in [1.82, 2.24) is 3.11 Å². The minimum absolute atomic E-state index is 0.173. The third-order valence-electron chi connectivity index (χ3n) is 2.31. The first-order valence-electron chi connectivity index (χ1n) is 4.98. The first kappa shape index (κ1) is 15.9. The molecule has 0 fully saturated rings. The number of thiocarbonyl (C=S) groups is 1. The van der Waals surface area contributed by atoms with Crippen molar-refractivity contribution in [3.8, 4) is 5.75 Å². The molecule has 0 amide bonds. The van der Waals surface area contributed by atoms with Crippen LogP contribution in [0.15, 0.2) is 18.2 Å². The molecule has 0 saturated carbocycles. The maximum Gasteiger partial charge on any atom is 0.327 e. The number of phenols is 1. The Balaban J connectivity index is 2.97. The predicted octanol–water partition coefficient (Wildman–Crippen LogP) is 2.99. The molecule has 7 heteroatoms. The molecule has 1 rings (SSSR count). The number of phenolic OH excluding ortho intramolecular Hbond substituents is 1. The Labute approximate surface area is 138 Å². The Morgan fingerprint density at radius 1 is 1.56 bits per heavy atom. The molecule has 1 atom stereocenters. The number of hydrogen-bond donors (Lipinski definition) is 2. The quantitative estimate of drug-likeness (QED) is 0.386. The Morgan fingerprint density at radius 3 is 2.61 bits per heavy atom. The summed E-state index contributed by atoms with van der Waals surface area (Å²) < 4.78 is 2.38. The highest BCUT2D eigenvalue weighted by Crippen LogP contribution is 2.22. The van der Waals surface area contributed by atoms with Gasteiger partial charge in [0.15, 0.2) is 0 Å². The molecule has 1 aromatic rings. The van der Waals surface area contributed by atoms with Gasteiger partial charge in [0.2, 0.25) is 0 Å². The molecule has 0 aliphatic rings. The maximum absolute atomic E-state index is 11.3. The largest absolute Gasteiger partial charge is 0.508 e. The van der Waals surface area contributed by atoms with Crippen molar-refractivity contribution in [2.24, 2.45) is 0 Å². The van der Waals surface area contributed by atoms with Gasteiger partial charge in [-0.3, -0.25) is 3.11 Å². The summed E-state index contributed by atoms with van der Waals surface area (Å²) in [6.45, 7) is 1.69. The van der Waals surface area contributed by atoms with E-state index in [0.29, 0.717) is 11.4 Å². The number of rotatable bonds is 4. The van der Waals surface area contributed by atoms with Gasteiger partial charge in [0.1, 0.15) is 11.8 Å². The molecule has 0 bridgehead atoms. The van der Waals surface area contributed by atoms with Crippen molar-refractivity contribution < 1.29 is 15.0 Å². The molecule has 0 aliphatic heterocycles. The number of carbonyl (C=O) groups is 1. The monoisotopic (exact) mass is 491 g/mol. The van der Waals surface area contributed by atoms with E-state index < -0.39 is 12.0 Å². The van der Waals surface area contributed by atoms with Gasteiger partial charge in [-0.15, -0.1) is 0 Å². The number of carboxylic acid groups (broad SMARTS) is 1. The fourth-order valence-electron chi connectivity index (χ4n) is 1.39. The molecule has 0 aromatic heterocycles. The van der Waals surface area contributed by atoms with Crippen LogP contribution < -0.4 is 0 Å². The van der Waals surface area contributed by atoms with Crippen LogP contribution in [-0.4, -0.2) is 30.3 Å². The van der Waals surface area contributed by atoms with E-state index in [1.807, 2.05) is 22.9 Å². The van der Waals surface area contributed by atoms with Gasteiger partial charge in [-0.1, -0.05) is 18.3 Å². The van der Waals surface area contributed by atoms with E-state index in [1.165, 1.54) is 0 Å². The molecule has 1 aromatic carbocycles. The number of aromatic hydroxyl groups is 1. The van der Waals surface area contributed by atoms with E-state index >= 15 is 0 Å². The van der Waals surface area contributed by atoms with Crippen LogP contribution >= 0.6 is 57.7 Å². The van der Waals surface area contributed by atoms with Gasteiger partial charge in [-0.2, -0.15) is 0 Å². The number of aliphatic carboxylic acids is 1. The van der Waals surface area contributed by atoms with Crippen molar-refractivity contribution in [2.75, 3.05) is 0 Å². The molecule has 4 nitrogen and oxygen atoms in total. The van der Waals surface area contributed by atoms with Crippen molar-refractivity contribution in [2.45, 2.75) is 19.4 Å². The minimum atomic E-state index is -0.919.